The van der Waals surface area contributed by atoms with Crippen molar-refractivity contribution >= 4 is 17.5 Å². The van der Waals surface area contributed by atoms with Gasteiger partial charge >= 0.3 is 11.8 Å². The fraction of sp³-hybridized carbons (Fsp3) is 0.440. The molecule has 0 aromatic heterocycles. The highest BCUT2D eigenvalue weighted by Crippen LogP contribution is 2.32. The summed E-state index contributed by atoms with van der Waals surface area (Å²) in [6, 6.07) is 14.1. The molecule has 2 N–H and O–H groups in total. The number of anilines is 1. The molecule has 2 amide bonds. The first-order valence-corrected chi connectivity index (χ1v) is 11.3. The van der Waals surface area contributed by atoms with E-state index in [1.165, 1.54) is 29.7 Å². The van der Waals surface area contributed by atoms with Crippen LogP contribution in [0.15, 0.2) is 42.5 Å². The first-order chi connectivity index (χ1) is 15.5. The van der Waals surface area contributed by atoms with Crippen LogP contribution in [0.25, 0.3) is 0 Å². The Labute approximate surface area is 189 Å². The molecular weight excluding hydrogens is 404 g/mol. The van der Waals surface area contributed by atoms with Crippen LogP contribution < -0.4 is 20.3 Å². The van der Waals surface area contributed by atoms with Crippen molar-refractivity contribution in [1.29, 1.82) is 0 Å². The molecular formula is C25H32N4O3. The number of hydrogen-bond acceptors (Lipinski definition) is 5. The number of likely N-dealkylation sites (N-methyl/N-ethyl adjacent to an activating group) is 1. The average Bonchev–Trinajstić information content (AvgIpc) is 3.48. The highest BCUT2D eigenvalue weighted by molar-refractivity contribution is 6.35. The minimum atomic E-state index is -0.614. The molecule has 32 heavy (non-hydrogen) atoms. The molecule has 7 heteroatoms. The predicted octanol–water partition coefficient (Wildman–Crippen LogP) is 2.26. The quantitative estimate of drug-likeness (QED) is 0.652. The Bertz CT molecular complexity index is 954. The third-order valence-electron chi connectivity index (χ3n) is 6.47. The molecule has 0 unspecified atom stereocenters. The lowest BCUT2D eigenvalue weighted by molar-refractivity contribution is -0.139. The summed E-state index contributed by atoms with van der Waals surface area (Å²) >= 11 is 0. The summed E-state index contributed by atoms with van der Waals surface area (Å²) in [5.41, 5.74) is 4.76. The third kappa shape index (κ3) is 5.05. The Kier molecular flexibility index (Phi) is 6.95. The van der Waals surface area contributed by atoms with E-state index in [1.54, 1.807) is 7.11 Å². The smallest absolute Gasteiger partial charge is 0.309 e. The minimum absolute atomic E-state index is 0.0760. The maximum Gasteiger partial charge on any atom is 0.309 e. The van der Waals surface area contributed by atoms with Crippen molar-refractivity contribution in [2.75, 3.05) is 45.2 Å². The van der Waals surface area contributed by atoms with E-state index in [0.717, 1.165) is 37.4 Å². The Balaban J connectivity index is 1.36. The number of ether oxygens (including phenoxy) is 1. The lowest BCUT2D eigenvalue weighted by Crippen LogP contribution is -2.43. The minimum Gasteiger partial charge on any atom is -0.497 e. The second-order valence-electron chi connectivity index (χ2n) is 8.56. The Hall–Kier alpha value is -3.06. The number of amides is 2. The van der Waals surface area contributed by atoms with Crippen LogP contribution in [0.1, 0.15) is 35.6 Å². The summed E-state index contributed by atoms with van der Waals surface area (Å²) in [6.45, 7) is 3.79. The van der Waals surface area contributed by atoms with Gasteiger partial charge < -0.3 is 20.3 Å². The molecule has 2 aliphatic rings. The van der Waals surface area contributed by atoms with E-state index < -0.39 is 11.8 Å². The van der Waals surface area contributed by atoms with Gasteiger partial charge in [-0.2, -0.15) is 0 Å². The average molecular weight is 437 g/mol. The maximum absolute atomic E-state index is 12.5. The molecule has 2 aliphatic heterocycles. The standard InChI is InChI=1S/C25H32N4O3/c1-28-14-11-20-15-19(7-10-22(20)28)23(29-12-3-4-13-29)17-27-25(31)24(30)26-16-18-5-8-21(32-2)9-6-18/h5-10,15,23H,3-4,11-14,16-17H2,1-2H3,(H,26,30)(H,27,31)/t23-/m1/s1. The third-order valence-corrected chi connectivity index (χ3v) is 6.47. The van der Waals surface area contributed by atoms with Crippen molar-refractivity contribution in [3.63, 3.8) is 0 Å². The zero-order valence-electron chi connectivity index (χ0n) is 18.9. The number of nitrogens with one attached hydrogen (secondary N) is 2. The van der Waals surface area contributed by atoms with Gasteiger partial charge in [0, 0.05) is 32.4 Å². The Morgan fingerprint density at radius 2 is 1.72 bits per heavy atom. The number of nitrogens with zero attached hydrogens (tertiary/aromatic N) is 2. The van der Waals surface area contributed by atoms with Gasteiger partial charge in [0.15, 0.2) is 0 Å². The molecule has 2 heterocycles. The molecule has 0 saturated carbocycles. The van der Waals surface area contributed by atoms with Crippen molar-refractivity contribution in [2.24, 2.45) is 0 Å². The topological polar surface area (TPSA) is 73.9 Å². The highest BCUT2D eigenvalue weighted by atomic mass is 16.5. The summed E-state index contributed by atoms with van der Waals surface area (Å²) in [5, 5.41) is 5.56. The number of carbonyl (C=O) groups is 2. The number of fused-ring (bicyclic) bond motifs is 1. The molecule has 7 nitrogen and oxygen atoms in total. The summed E-state index contributed by atoms with van der Waals surface area (Å²) in [5.74, 6) is -0.454. The van der Waals surface area contributed by atoms with Crippen LogP contribution in [0.4, 0.5) is 5.69 Å². The van der Waals surface area contributed by atoms with Crippen molar-refractivity contribution in [3.05, 3.63) is 59.2 Å². The molecule has 1 saturated heterocycles. The summed E-state index contributed by atoms with van der Waals surface area (Å²) in [7, 11) is 3.73. The van der Waals surface area contributed by atoms with Crippen LogP contribution in [-0.4, -0.2) is 57.1 Å². The van der Waals surface area contributed by atoms with Gasteiger partial charge in [0.25, 0.3) is 0 Å². The first kappa shape index (κ1) is 22.1. The Morgan fingerprint density at radius 3 is 2.44 bits per heavy atom. The summed E-state index contributed by atoms with van der Waals surface area (Å²) < 4.78 is 5.14. The Morgan fingerprint density at radius 1 is 1.00 bits per heavy atom. The van der Waals surface area contributed by atoms with Crippen LogP contribution in [0.2, 0.25) is 0 Å². The summed E-state index contributed by atoms with van der Waals surface area (Å²) in [6.07, 6.45) is 3.38. The van der Waals surface area contributed by atoms with Gasteiger partial charge in [-0.15, -0.1) is 0 Å². The van der Waals surface area contributed by atoms with Crippen LogP contribution in [-0.2, 0) is 22.6 Å². The van der Waals surface area contributed by atoms with Crippen LogP contribution in [0, 0.1) is 0 Å². The predicted molar refractivity (Wildman–Crippen MR) is 125 cm³/mol. The molecule has 4 rings (SSSR count). The molecule has 170 valence electrons. The van der Waals surface area contributed by atoms with E-state index >= 15 is 0 Å². The van der Waals surface area contributed by atoms with Crippen LogP contribution in [0.3, 0.4) is 0 Å². The van der Waals surface area contributed by atoms with Gasteiger partial charge in [0.1, 0.15) is 5.75 Å². The molecule has 1 atom stereocenters. The van der Waals surface area contributed by atoms with E-state index in [0.29, 0.717) is 13.1 Å². The van der Waals surface area contributed by atoms with Crippen LogP contribution >= 0.6 is 0 Å². The van der Waals surface area contributed by atoms with E-state index in [1.807, 2.05) is 24.3 Å². The second-order valence-corrected chi connectivity index (χ2v) is 8.56. The highest BCUT2D eigenvalue weighted by Gasteiger charge is 2.26. The van der Waals surface area contributed by atoms with E-state index in [2.05, 4.69) is 45.7 Å². The molecule has 1 fully saturated rings. The lowest BCUT2D eigenvalue weighted by atomic mass is 10.0. The first-order valence-electron chi connectivity index (χ1n) is 11.3. The lowest BCUT2D eigenvalue weighted by Gasteiger charge is -2.28. The monoisotopic (exact) mass is 436 g/mol. The number of likely N-dealkylation sites (tertiary alicyclic amines) is 1. The van der Waals surface area contributed by atoms with E-state index in [-0.39, 0.29) is 6.04 Å². The SMILES string of the molecule is COc1ccc(CNC(=O)C(=O)NC[C@H](c2ccc3c(c2)CCN3C)N2CCCC2)cc1. The maximum atomic E-state index is 12.5. The molecule has 0 bridgehead atoms. The zero-order chi connectivity index (χ0) is 22.5. The van der Waals surface area contributed by atoms with E-state index in [9.17, 15) is 9.59 Å². The van der Waals surface area contributed by atoms with E-state index in [4.69, 9.17) is 4.74 Å². The number of carbonyl (C=O) groups excluding carboxylic acids is 2. The largest absolute Gasteiger partial charge is 0.497 e. The van der Waals surface area contributed by atoms with Gasteiger partial charge in [-0.3, -0.25) is 14.5 Å². The van der Waals surface area contributed by atoms with Crippen molar-refractivity contribution in [2.45, 2.75) is 31.8 Å². The van der Waals surface area contributed by atoms with Crippen molar-refractivity contribution < 1.29 is 14.3 Å². The van der Waals surface area contributed by atoms with Crippen LogP contribution in [0.5, 0.6) is 5.75 Å². The molecule has 2 aromatic rings. The molecule has 0 aliphatic carbocycles. The number of methoxy groups -OCH3 is 1. The molecule has 0 radical (unpaired) electrons. The summed E-state index contributed by atoms with van der Waals surface area (Å²) in [4.78, 5) is 29.5. The normalized spacial score (nSPS) is 16.5. The number of rotatable bonds is 7. The molecule has 2 aromatic carbocycles. The fourth-order valence-electron chi connectivity index (χ4n) is 4.58. The fourth-order valence-corrected chi connectivity index (χ4v) is 4.58. The van der Waals surface area contributed by atoms with Gasteiger partial charge in [0.2, 0.25) is 0 Å². The van der Waals surface area contributed by atoms with Gasteiger partial charge in [-0.1, -0.05) is 24.3 Å². The zero-order valence-corrected chi connectivity index (χ0v) is 18.9. The van der Waals surface area contributed by atoms with Crippen molar-refractivity contribution in [1.82, 2.24) is 15.5 Å². The van der Waals surface area contributed by atoms with Crippen molar-refractivity contribution in [3.8, 4) is 5.75 Å². The van der Waals surface area contributed by atoms with Gasteiger partial charge in [-0.25, -0.2) is 0 Å². The number of hydrogen-bond donors (Lipinski definition) is 2. The number of benzene rings is 2. The molecule has 0 spiro atoms. The second kappa shape index (κ2) is 10.0. The van der Waals surface area contributed by atoms with Gasteiger partial charge in [-0.05, 0) is 67.2 Å². The van der Waals surface area contributed by atoms with Gasteiger partial charge in [0.05, 0.1) is 13.2 Å².